The zero-order valence-electron chi connectivity index (χ0n) is 17.9. The minimum absolute atomic E-state index is 0.0641. The fraction of sp³-hybridized carbons (Fsp3) is 0.136. The summed E-state index contributed by atoms with van der Waals surface area (Å²) in [7, 11) is -4.56. The zero-order chi connectivity index (χ0) is 25.5. The first-order valence-corrected chi connectivity index (χ1v) is 11.9. The second-order valence-corrected chi connectivity index (χ2v) is 9.76. The highest BCUT2D eigenvalue weighted by Crippen LogP contribution is 2.38. The monoisotopic (exact) mass is 522 g/mol. The second kappa shape index (κ2) is 9.21. The predicted molar refractivity (Wildman–Crippen MR) is 122 cm³/mol. The maximum atomic E-state index is 15.1. The molecule has 13 heteroatoms. The highest BCUT2D eigenvalue weighted by Gasteiger charge is 2.35. The third-order valence-corrected chi connectivity index (χ3v) is 7.17. The Morgan fingerprint density at radius 2 is 1.91 bits per heavy atom. The molecular formula is C22H17ClF2N4O5S. The van der Waals surface area contributed by atoms with Crippen LogP contribution in [0.4, 0.5) is 8.78 Å². The number of amides is 1. The van der Waals surface area contributed by atoms with E-state index in [1.54, 1.807) is 6.07 Å². The number of fused-ring (bicyclic) bond motifs is 1. The van der Waals surface area contributed by atoms with E-state index in [9.17, 15) is 22.4 Å². The lowest BCUT2D eigenvalue weighted by atomic mass is 9.89. The molecule has 0 spiro atoms. The van der Waals surface area contributed by atoms with Gasteiger partial charge in [-0.3, -0.25) is 4.79 Å². The summed E-state index contributed by atoms with van der Waals surface area (Å²) in [5.74, 6) is -5.20. The largest absolute Gasteiger partial charge is 0.434 e. The molecule has 1 amide bonds. The highest BCUT2D eigenvalue weighted by molar-refractivity contribution is 7.89. The molecule has 9 nitrogen and oxygen atoms in total. The number of aromatic amines is 1. The fourth-order valence-corrected chi connectivity index (χ4v) is 5.48. The number of nitrogens with zero attached hydrogens (tertiary/aromatic N) is 1. The molecule has 0 aliphatic rings. The zero-order valence-corrected chi connectivity index (χ0v) is 19.5. The maximum Gasteiger partial charge on any atom is 0.434 e. The molecule has 4 rings (SSSR count). The van der Waals surface area contributed by atoms with Crippen molar-refractivity contribution in [1.29, 1.82) is 0 Å². The predicted octanol–water partition coefficient (Wildman–Crippen LogP) is 3.37. The molecule has 0 unspecified atom stereocenters. The van der Waals surface area contributed by atoms with Crippen LogP contribution in [0.1, 0.15) is 40.7 Å². The number of nitrogens with two attached hydrogens (primary N) is 1. The Kier molecular flexibility index (Phi) is 6.45. The number of carbonyl (C=O) groups is 1. The fourth-order valence-electron chi connectivity index (χ4n) is 3.85. The van der Waals surface area contributed by atoms with Crippen LogP contribution in [0.3, 0.4) is 0 Å². The number of sulfonamides is 1. The van der Waals surface area contributed by atoms with Crippen molar-refractivity contribution in [2.24, 2.45) is 5.73 Å². The lowest BCUT2D eigenvalue weighted by Crippen LogP contribution is -2.34. The highest BCUT2D eigenvalue weighted by atomic mass is 35.5. The lowest BCUT2D eigenvalue weighted by molar-refractivity contribution is 0.0997. The molecule has 0 radical (unpaired) electrons. The molecule has 0 fully saturated rings. The van der Waals surface area contributed by atoms with E-state index >= 15 is 4.39 Å². The Morgan fingerprint density at radius 1 is 1.17 bits per heavy atom. The number of benzene rings is 3. The van der Waals surface area contributed by atoms with Gasteiger partial charge < -0.3 is 10.2 Å². The first-order valence-electron chi connectivity index (χ1n) is 10.0. The molecule has 35 heavy (non-hydrogen) atoms. The standard InChI is InChI=1S/C22H17ClF2N4O5S/c1-10(17-15(25)7-5-11-3-2-4-14(24)18(11)17)19(21-27-28-22(31)34-21)29-35(32,33)16-8-6-12(23)9-13(16)20(26)30/h2-10,19,29H,1H3,(H2,26,30)(H,28,31)/t10-,19+/m1/s1. The molecule has 0 aliphatic heterocycles. The first-order chi connectivity index (χ1) is 16.5. The van der Waals surface area contributed by atoms with Crippen LogP contribution < -0.4 is 16.2 Å². The van der Waals surface area contributed by atoms with E-state index in [0.29, 0.717) is 5.39 Å². The van der Waals surface area contributed by atoms with Gasteiger partial charge >= 0.3 is 5.76 Å². The number of nitrogens with one attached hydrogen (secondary N) is 2. The van der Waals surface area contributed by atoms with E-state index in [2.05, 4.69) is 9.82 Å². The topological polar surface area (TPSA) is 148 Å². The van der Waals surface area contributed by atoms with Crippen molar-refractivity contribution in [2.75, 3.05) is 0 Å². The Balaban J connectivity index is 1.89. The summed E-state index contributed by atoms with van der Waals surface area (Å²) in [6, 6.07) is 8.51. The normalized spacial score (nSPS) is 13.6. The smallest absolute Gasteiger partial charge is 0.391 e. The lowest BCUT2D eigenvalue weighted by Gasteiger charge is -2.24. The van der Waals surface area contributed by atoms with Crippen molar-refractivity contribution in [2.45, 2.75) is 23.8 Å². The van der Waals surface area contributed by atoms with Gasteiger partial charge in [-0.15, -0.1) is 5.10 Å². The van der Waals surface area contributed by atoms with Crippen LogP contribution >= 0.6 is 11.6 Å². The number of aromatic nitrogens is 2. The number of H-pyrrole nitrogens is 1. The van der Waals surface area contributed by atoms with Gasteiger partial charge in [0.25, 0.3) is 0 Å². The van der Waals surface area contributed by atoms with E-state index in [-0.39, 0.29) is 16.0 Å². The molecule has 0 saturated carbocycles. The number of primary amides is 1. The number of carbonyl (C=O) groups excluding carboxylic acids is 1. The van der Waals surface area contributed by atoms with Crippen LogP contribution in [0.25, 0.3) is 10.8 Å². The SMILES string of the molecule is C[C@H](c1c(F)ccc2cccc(F)c12)[C@H](NS(=O)(=O)c1ccc(Cl)cc1C(N)=O)c1n[nH]c(=O)o1. The molecule has 4 aromatic rings. The minimum Gasteiger partial charge on any atom is -0.391 e. The summed E-state index contributed by atoms with van der Waals surface area (Å²) in [6.07, 6.45) is 0. The Bertz CT molecular complexity index is 1620. The Morgan fingerprint density at radius 3 is 2.57 bits per heavy atom. The van der Waals surface area contributed by atoms with Gasteiger partial charge in [0.1, 0.15) is 17.7 Å². The van der Waals surface area contributed by atoms with Crippen molar-refractivity contribution < 1.29 is 26.4 Å². The van der Waals surface area contributed by atoms with Gasteiger partial charge in [-0.2, -0.15) is 4.72 Å². The summed E-state index contributed by atoms with van der Waals surface area (Å²) in [5, 5.41) is 6.05. The molecule has 0 bridgehead atoms. The Hall–Kier alpha value is -3.61. The van der Waals surface area contributed by atoms with Gasteiger partial charge in [-0.05, 0) is 35.7 Å². The second-order valence-electron chi connectivity index (χ2n) is 7.64. The van der Waals surface area contributed by atoms with Crippen LogP contribution in [-0.4, -0.2) is 24.5 Å². The van der Waals surface area contributed by atoms with Gasteiger partial charge in [0.05, 0.1) is 10.5 Å². The molecule has 0 aliphatic carbocycles. The van der Waals surface area contributed by atoms with Gasteiger partial charge in [0.2, 0.25) is 21.8 Å². The molecule has 182 valence electrons. The van der Waals surface area contributed by atoms with Crippen molar-refractivity contribution in [3.63, 3.8) is 0 Å². The maximum absolute atomic E-state index is 15.1. The first kappa shape index (κ1) is 24.5. The van der Waals surface area contributed by atoms with Crippen LogP contribution in [-0.2, 0) is 10.0 Å². The quantitative estimate of drug-likeness (QED) is 0.339. The average molecular weight is 523 g/mol. The molecule has 1 heterocycles. The summed E-state index contributed by atoms with van der Waals surface area (Å²) in [4.78, 5) is 23.0. The summed E-state index contributed by atoms with van der Waals surface area (Å²) in [6.45, 7) is 1.41. The van der Waals surface area contributed by atoms with Gasteiger partial charge in [0.15, 0.2) is 0 Å². The van der Waals surface area contributed by atoms with Crippen LogP contribution in [0.5, 0.6) is 0 Å². The number of rotatable bonds is 7. The molecule has 2 atom stereocenters. The van der Waals surface area contributed by atoms with Crippen LogP contribution in [0.2, 0.25) is 5.02 Å². The average Bonchev–Trinajstić information content (AvgIpc) is 3.23. The van der Waals surface area contributed by atoms with Crippen molar-refractivity contribution in [3.05, 3.63) is 92.8 Å². The number of halogens is 3. The van der Waals surface area contributed by atoms with Gasteiger partial charge in [0, 0.05) is 21.9 Å². The van der Waals surface area contributed by atoms with Crippen molar-refractivity contribution >= 4 is 38.3 Å². The van der Waals surface area contributed by atoms with E-state index in [1.165, 1.54) is 25.1 Å². The van der Waals surface area contributed by atoms with E-state index in [4.69, 9.17) is 21.8 Å². The van der Waals surface area contributed by atoms with E-state index in [1.807, 2.05) is 5.10 Å². The van der Waals surface area contributed by atoms with Crippen molar-refractivity contribution in [3.8, 4) is 0 Å². The van der Waals surface area contributed by atoms with Crippen LogP contribution in [0, 0.1) is 11.6 Å². The number of hydrogen-bond donors (Lipinski definition) is 3. The molecular weight excluding hydrogens is 506 g/mol. The minimum atomic E-state index is -4.56. The van der Waals surface area contributed by atoms with E-state index in [0.717, 1.165) is 24.3 Å². The molecule has 0 saturated heterocycles. The molecule has 3 aromatic carbocycles. The summed E-state index contributed by atoms with van der Waals surface area (Å²) < 4.78 is 63.7. The van der Waals surface area contributed by atoms with Crippen molar-refractivity contribution in [1.82, 2.24) is 14.9 Å². The third-order valence-electron chi connectivity index (χ3n) is 5.44. The van der Waals surface area contributed by atoms with Gasteiger partial charge in [-0.25, -0.2) is 27.1 Å². The summed E-state index contributed by atoms with van der Waals surface area (Å²) in [5.41, 5.74) is 4.74. The molecule has 4 N–H and O–H groups in total. The third kappa shape index (κ3) is 4.67. The summed E-state index contributed by atoms with van der Waals surface area (Å²) >= 11 is 5.87. The van der Waals surface area contributed by atoms with Gasteiger partial charge in [-0.1, -0.05) is 36.7 Å². The number of hydrogen-bond acceptors (Lipinski definition) is 6. The van der Waals surface area contributed by atoms with E-state index < -0.39 is 61.6 Å². The van der Waals surface area contributed by atoms with Crippen LogP contribution in [0.15, 0.2) is 62.6 Å². The Labute approximate surface area is 201 Å². The molecule has 1 aromatic heterocycles.